The Labute approximate surface area is 164 Å². The average Bonchev–Trinajstić information content (AvgIpc) is 2.72. The molecule has 0 atom stereocenters. The van der Waals surface area contributed by atoms with Crippen LogP contribution in [0.15, 0.2) is 54.6 Å². The second-order valence-corrected chi connectivity index (χ2v) is 5.75. The Morgan fingerprint density at radius 3 is 2.34 bits per heavy atom. The molecular formula is C20H16F2N4O3. The van der Waals surface area contributed by atoms with Crippen molar-refractivity contribution in [3.05, 3.63) is 77.5 Å². The fraction of sp³-hybridized carbons (Fsp3) is 0.100. The molecule has 0 aliphatic carbocycles. The third-order valence-corrected chi connectivity index (χ3v) is 3.78. The van der Waals surface area contributed by atoms with Crippen LogP contribution >= 0.6 is 0 Å². The molecule has 0 fully saturated rings. The SMILES string of the molecule is CCOC(=O)c1ccccc1NC(=O)c1ccc(Nc2c(F)cccc2F)nn1. The number of hydrogen-bond donors (Lipinski definition) is 2. The number of ether oxygens (including phenoxy) is 1. The van der Waals surface area contributed by atoms with Gasteiger partial charge in [-0.2, -0.15) is 0 Å². The van der Waals surface area contributed by atoms with Crippen LogP contribution in [0.3, 0.4) is 0 Å². The molecule has 1 aromatic heterocycles. The highest BCUT2D eigenvalue weighted by molar-refractivity contribution is 6.07. The highest BCUT2D eigenvalue weighted by Crippen LogP contribution is 2.22. The monoisotopic (exact) mass is 398 g/mol. The topological polar surface area (TPSA) is 93.2 Å². The molecule has 3 aromatic rings. The van der Waals surface area contributed by atoms with Crippen molar-refractivity contribution in [3.8, 4) is 0 Å². The van der Waals surface area contributed by atoms with Gasteiger partial charge in [-0.05, 0) is 43.3 Å². The fourth-order valence-electron chi connectivity index (χ4n) is 2.43. The van der Waals surface area contributed by atoms with E-state index in [1.807, 2.05) is 0 Å². The first kappa shape index (κ1) is 19.9. The number of esters is 1. The summed E-state index contributed by atoms with van der Waals surface area (Å²) in [5, 5.41) is 12.6. The van der Waals surface area contributed by atoms with Crippen LogP contribution in [0.5, 0.6) is 0 Å². The number of rotatable bonds is 6. The number of anilines is 3. The maximum atomic E-state index is 13.7. The lowest BCUT2D eigenvalue weighted by Crippen LogP contribution is -2.17. The molecule has 1 amide bonds. The van der Waals surface area contributed by atoms with Crippen LogP contribution in [0.2, 0.25) is 0 Å². The lowest BCUT2D eigenvalue weighted by molar-refractivity contribution is 0.0527. The van der Waals surface area contributed by atoms with E-state index in [1.54, 1.807) is 25.1 Å². The zero-order valence-corrected chi connectivity index (χ0v) is 15.3. The van der Waals surface area contributed by atoms with Gasteiger partial charge in [-0.3, -0.25) is 4.79 Å². The number of nitrogens with one attached hydrogen (secondary N) is 2. The number of carbonyl (C=O) groups excluding carboxylic acids is 2. The molecule has 0 unspecified atom stereocenters. The number of halogens is 2. The van der Waals surface area contributed by atoms with E-state index in [-0.39, 0.29) is 35.1 Å². The fourth-order valence-corrected chi connectivity index (χ4v) is 2.43. The molecule has 7 nitrogen and oxygen atoms in total. The van der Waals surface area contributed by atoms with E-state index in [9.17, 15) is 18.4 Å². The smallest absolute Gasteiger partial charge is 0.340 e. The third-order valence-electron chi connectivity index (χ3n) is 3.78. The van der Waals surface area contributed by atoms with Crippen molar-refractivity contribution in [1.29, 1.82) is 0 Å². The number of nitrogens with zero attached hydrogens (tertiary/aromatic N) is 2. The van der Waals surface area contributed by atoms with Crippen molar-refractivity contribution in [1.82, 2.24) is 10.2 Å². The zero-order valence-electron chi connectivity index (χ0n) is 15.3. The molecule has 2 aromatic carbocycles. The molecule has 0 saturated heterocycles. The van der Waals surface area contributed by atoms with Crippen LogP contribution in [0, 0.1) is 11.6 Å². The molecule has 0 spiro atoms. The maximum absolute atomic E-state index is 13.7. The van der Waals surface area contributed by atoms with Crippen LogP contribution in [-0.2, 0) is 4.74 Å². The van der Waals surface area contributed by atoms with E-state index >= 15 is 0 Å². The number of aromatic nitrogens is 2. The van der Waals surface area contributed by atoms with Crippen LogP contribution < -0.4 is 10.6 Å². The normalized spacial score (nSPS) is 10.3. The van der Waals surface area contributed by atoms with Crippen LogP contribution in [0.4, 0.5) is 26.0 Å². The van der Waals surface area contributed by atoms with Crippen LogP contribution in [0.25, 0.3) is 0 Å². The summed E-state index contributed by atoms with van der Waals surface area (Å²) in [4.78, 5) is 24.4. The van der Waals surface area contributed by atoms with E-state index in [0.717, 1.165) is 12.1 Å². The zero-order chi connectivity index (χ0) is 20.8. The van der Waals surface area contributed by atoms with Gasteiger partial charge in [0.1, 0.15) is 17.3 Å². The second kappa shape index (κ2) is 8.87. The average molecular weight is 398 g/mol. The quantitative estimate of drug-likeness (QED) is 0.611. The van der Waals surface area contributed by atoms with Gasteiger partial charge < -0.3 is 15.4 Å². The van der Waals surface area contributed by atoms with Gasteiger partial charge in [0.05, 0.1) is 17.9 Å². The van der Waals surface area contributed by atoms with E-state index in [0.29, 0.717) is 0 Å². The Hall–Kier alpha value is -3.88. The molecule has 0 bridgehead atoms. The van der Waals surface area contributed by atoms with Gasteiger partial charge in [-0.1, -0.05) is 18.2 Å². The Morgan fingerprint density at radius 2 is 1.69 bits per heavy atom. The Balaban J connectivity index is 1.74. The summed E-state index contributed by atoms with van der Waals surface area (Å²) in [6, 6.07) is 12.5. The van der Waals surface area contributed by atoms with Crippen molar-refractivity contribution in [2.75, 3.05) is 17.2 Å². The number of para-hydroxylation sites is 2. The molecule has 0 aliphatic heterocycles. The summed E-state index contributed by atoms with van der Waals surface area (Å²) < 4.78 is 32.3. The van der Waals surface area contributed by atoms with Gasteiger partial charge in [-0.15, -0.1) is 10.2 Å². The standard InChI is InChI=1S/C20H16F2N4O3/c1-2-29-20(28)12-6-3-4-9-15(12)23-19(27)16-10-11-17(26-25-16)24-18-13(21)7-5-8-14(18)22/h3-11H,2H2,1H3,(H,23,27)(H,24,26). The maximum Gasteiger partial charge on any atom is 0.340 e. The molecule has 2 N–H and O–H groups in total. The van der Waals surface area contributed by atoms with Gasteiger partial charge in [0.25, 0.3) is 5.91 Å². The molecule has 0 radical (unpaired) electrons. The van der Waals surface area contributed by atoms with Crippen molar-refractivity contribution >= 4 is 29.1 Å². The second-order valence-electron chi connectivity index (χ2n) is 5.75. The summed E-state index contributed by atoms with van der Waals surface area (Å²) in [7, 11) is 0. The van der Waals surface area contributed by atoms with Crippen molar-refractivity contribution in [3.63, 3.8) is 0 Å². The molecule has 0 aliphatic rings. The highest BCUT2D eigenvalue weighted by atomic mass is 19.1. The van der Waals surface area contributed by atoms with Crippen molar-refractivity contribution < 1.29 is 23.1 Å². The van der Waals surface area contributed by atoms with E-state index in [4.69, 9.17) is 4.74 Å². The minimum Gasteiger partial charge on any atom is -0.462 e. The number of hydrogen-bond acceptors (Lipinski definition) is 6. The van der Waals surface area contributed by atoms with Gasteiger partial charge in [0.2, 0.25) is 0 Å². The van der Waals surface area contributed by atoms with Gasteiger partial charge in [0.15, 0.2) is 11.5 Å². The van der Waals surface area contributed by atoms with Gasteiger partial charge >= 0.3 is 5.97 Å². The van der Waals surface area contributed by atoms with Crippen molar-refractivity contribution in [2.24, 2.45) is 0 Å². The van der Waals surface area contributed by atoms with Crippen LogP contribution in [0.1, 0.15) is 27.8 Å². The summed E-state index contributed by atoms with van der Waals surface area (Å²) in [6.45, 7) is 1.88. The predicted molar refractivity (Wildman–Crippen MR) is 102 cm³/mol. The predicted octanol–water partition coefficient (Wildman–Crippen LogP) is 3.93. The molecule has 148 valence electrons. The number of amides is 1. The molecule has 29 heavy (non-hydrogen) atoms. The number of carbonyl (C=O) groups is 2. The Morgan fingerprint density at radius 1 is 0.966 bits per heavy atom. The minimum atomic E-state index is -0.788. The van der Waals surface area contributed by atoms with E-state index < -0.39 is 23.5 Å². The first-order valence-electron chi connectivity index (χ1n) is 8.62. The summed E-state index contributed by atoms with van der Waals surface area (Å²) >= 11 is 0. The highest BCUT2D eigenvalue weighted by Gasteiger charge is 2.16. The lowest BCUT2D eigenvalue weighted by atomic mass is 10.1. The lowest BCUT2D eigenvalue weighted by Gasteiger charge is -2.10. The minimum absolute atomic E-state index is 0.0526. The third kappa shape index (κ3) is 4.70. The first-order chi connectivity index (χ1) is 14.0. The summed E-state index contributed by atoms with van der Waals surface area (Å²) in [6.07, 6.45) is 0. The summed E-state index contributed by atoms with van der Waals surface area (Å²) in [5.74, 6) is -2.70. The Bertz CT molecular complexity index is 1020. The molecule has 1 heterocycles. The largest absolute Gasteiger partial charge is 0.462 e. The first-order valence-corrected chi connectivity index (χ1v) is 8.62. The number of benzene rings is 2. The molecular weight excluding hydrogens is 382 g/mol. The van der Waals surface area contributed by atoms with Gasteiger partial charge in [-0.25, -0.2) is 13.6 Å². The van der Waals surface area contributed by atoms with Gasteiger partial charge in [0, 0.05) is 0 Å². The van der Waals surface area contributed by atoms with E-state index in [1.165, 1.54) is 24.3 Å². The molecule has 9 heteroatoms. The molecule has 3 rings (SSSR count). The Kier molecular flexibility index (Phi) is 6.08. The summed E-state index contributed by atoms with van der Waals surface area (Å²) in [5.41, 5.74) is 0.0305. The molecule has 0 saturated carbocycles. The van der Waals surface area contributed by atoms with Crippen molar-refractivity contribution in [2.45, 2.75) is 6.92 Å². The van der Waals surface area contributed by atoms with Crippen LogP contribution in [-0.4, -0.2) is 28.7 Å². The van der Waals surface area contributed by atoms with E-state index in [2.05, 4.69) is 20.8 Å².